The van der Waals surface area contributed by atoms with Gasteiger partial charge in [0, 0.05) is 32.8 Å². The summed E-state index contributed by atoms with van der Waals surface area (Å²) in [6.45, 7) is 4.47. The minimum Gasteiger partial charge on any atom is -0.356 e. The van der Waals surface area contributed by atoms with E-state index in [1.165, 1.54) is 42.4 Å². The first-order valence-corrected chi connectivity index (χ1v) is 13.6. The molecule has 4 rings (SSSR count). The minimum absolute atomic E-state index is 1.07. The van der Waals surface area contributed by atoms with Gasteiger partial charge in [-0.2, -0.15) is 0 Å². The Balaban J connectivity index is 1.57. The van der Waals surface area contributed by atoms with E-state index in [4.69, 9.17) is 0 Å². The van der Waals surface area contributed by atoms with E-state index in [0.29, 0.717) is 0 Å². The maximum atomic E-state index is 3.65. The van der Waals surface area contributed by atoms with E-state index in [9.17, 15) is 0 Å². The molecule has 0 spiro atoms. The summed E-state index contributed by atoms with van der Waals surface area (Å²) < 4.78 is 1.08. The van der Waals surface area contributed by atoms with Gasteiger partial charge in [0.2, 0.25) is 0 Å². The molecule has 0 aromatic heterocycles. The fraction of sp³-hybridized carbons (Fsp3) is 0.250. The quantitative estimate of drug-likeness (QED) is 0.203. The van der Waals surface area contributed by atoms with Crippen molar-refractivity contribution in [2.75, 3.05) is 10.6 Å². The Kier molecular flexibility index (Phi) is 9.02. The van der Waals surface area contributed by atoms with Crippen molar-refractivity contribution in [2.24, 2.45) is 0 Å². The summed E-state index contributed by atoms with van der Waals surface area (Å²) in [7, 11) is 0. The topological polar surface area (TPSA) is 24.1 Å². The lowest BCUT2D eigenvalue weighted by atomic mass is 10.0. The molecule has 35 heavy (non-hydrogen) atoms. The molecule has 180 valence electrons. The van der Waals surface area contributed by atoms with E-state index in [1.807, 2.05) is 0 Å². The third-order valence-corrected chi connectivity index (χ3v) is 6.82. The van der Waals surface area contributed by atoms with Crippen LogP contribution in [-0.2, 0) is 12.8 Å². The standard InChI is InChI=1S/C32H35BrN2/c1-3-5-7-24-9-17-28(18-10-24)34-30-21-22-32(31(23-30)26-13-15-27(33)16-14-26)35-29-19-11-25(12-20-29)8-6-4-2/h9-23,34-35H,3-8H2,1-2H3. The third-order valence-electron chi connectivity index (χ3n) is 6.29. The molecule has 0 aliphatic rings. The molecule has 0 amide bonds. The van der Waals surface area contributed by atoms with Crippen LogP contribution in [0, 0.1) is 0 Å². The third kappa shape index (κ3) is 7.22. The van der Waals surface area contributed by atoms with Gasteiger partial charge in [-0.05, 0) is 97.0 Å². The summed E-state index contributed by atoms with van der Waals surface area (Å²) in [6.07, 6.45) is 7.20. The molecule has 0 fully saturated rings. The monoisotopic (exact) mass is 526 g/mol. The van der Waals surface area contributed by atoms with Crippen molar-refractivity contribution < 1.29 is 0 Å². The van der Waals surface area contributed by atoms with Crippen LogP contribution < -0.4 is 10.6 Å². The van der Waals surface area contributed by atoms with E-state index < -0.39 is 0 Å². The van der Waals surface area contributed by atoms with Gasteiger partial charge in [-0.25, -0.2) is 0 Å². The van der Waals surface area contributed by atoms with Crippen LogP contribution in [0.2, 0.25) is 0 Å². The second kappa shape index (κ2) is 12.6. The van der Waals surface area contributed by atoms with Gasteiger partial charge in [-0.15, -0.1) is 0 Å². The van der Waals surface area contributed by atoms with Gasteiger partial charge in [0.25, 0.3) is 0 Å². The van der Waals surface area contributed by atoms with Crippen LogP contribution in [0.3, 0.4) is 0 Å². The number of unbranched alkanes of at least 4 members (excludes halogenated alkanes) is 2. The first kappa shape index (κ1) is 25.1. The highest BCUT2D eigenvalue weighted by atomic mass is 79.9. The molecule has 0 radical (unpaired) electrons. The van der Waals surface area contributed by atoms with E-state index >= 15 is 0 Å². The Morgan fingerprint density at radius 3 is 1.63 bits per heavy atom. The van der Waals surface area contributed by atoms with Crippen molar-refractivity contribution in [2.45, 2.75) is 52.4 Å². The van der Waals surface area contributed by atoms with Crippen molar-refractivity contribution in [1.82, 2.24) is 0 Å². The predicted octanol–water partition coefficient (Wildman–Crippen LogP) is 10.3. The highest BCUT2D eigenvalue weighted by molar-refractivity contribution is 9.10. The van der Waals surface area contributed by atoms with E-state index in [1.54, 1.807) is 0 Å². The number of anilines is 4. The van der Waals surface area contributed by atoms with Gasteiger partial charge in [-0.3, -0.25) is 0 Å². The fourth-order valence-corrected chi connectivity index (χ4v) is 4.46. The van der Waals surface area contributed by atoms with Crippen LogP contribution in [-0.4, -0.2) is 0 Å². The number of nitrogens with one attached hydrogen (secondary N) is 2. The number of halogens is 1. The Morgan fingerprint density at radius 1 is 0.571 bits per heavy atom. The van der Waals surface area contributed by atoms with Gasteiger partial charge in [0.1, 0.15) is 0 Å². The zero-order valence-electron chi connectivity index (χ0n) is 20.8. The van der Waals surface area contributed by atoms with Crippen molar-refractivity contribution in [1.29, 1.82) is 0 Å². The average Bonchev–Trinajstić information content (AvgIpc) is 2.89. The van der Waals surface area contributed by atoms with Crippen LogP contribution in [0.25, 0.3) is 11.1 Å². The van der Waals surface area contributed by atoms with Crippen LogP contribution in [0.5, 0.6) is 0 Å². The van der Waals surface area contributed by atoms with Crippen LogP contribution in [0.15, 0.2) is 95.5 Å². The summed E-state index contributed by atoms with van der Waals surface area (Å²) >= 11 is 3.57. The summed E-state index contributed by atoms with van der Waals surface area (Å²) in [5, 5.41) is 7.24. The molecule has 0 bridgehead atoms. The number of aryl methyl sites for hydroxylation is 2. The van der Waals surface area contributed by atoms with E-state index in [-0.39, 0.29) is 0 Å². The summed E-state index contributed by atoms with van der Waals surface area (Å²) in [5.74, 6) is 0. The summed E-state index contributed by atoms with van der Waals surface area (Å²) in [6, 6.07) is 32.7. The molecule has 0 heterocycles. The zero-order valence-corrected chi connectivity index (χ0v) is 22.4. The lowest BCUT2D eigenvalue weighted by Crippen LogP contribution is -1.97. The van der Waals surface area contributed by atoms with Gasteiger partial charge in [0.15, 0.2) is 0 Å². The summed E-state index contributed by atoms with van der Waals surface area (Å²) in [5.41, 5.74) is 9.51. The normalized spacial score (nSPS) is 10.8. The van der Waals surface area contributed by atoms with Crippen molar-refractivity contribution in [3.05, 3.63) is 107 Å². The van der Waals surface area contributed by atoms with E-state index in [0.717, 1.165) is 45.6 Å². The minimum atomic E-state index is 1.07. The average molecular weight is 528 g/mol. The maximum Gasteiger partial charge on any atom is 0.0465 e. The molecule has 2 nitrogen and oxygen atoms in total. The Morgan fingerprint density at radius 2 is 1.09 bits per heavy atom. The van der Waals surface area contributed by atoms with Crippen LogP contribution in [0.4, 0.5) is 22.7 Å². The molecule has 4 aromatic carbocycles. The fourth-order valence-electron chi connectivity index (χ4n) is 4.19. The molecule has 0 saturated heterocycles. The molecule has 0 aliphatic carbocycles. The Hall–Kier alpha value is -3.04. The van der Waals surface area contributed by atoms with Crippen LogP contribution >= 0.6 is 15.9 Å². The molecule has 0 aliphatic heterocycles. The van der Waals surface area contributed by atoms with E-state index in [2.05, 4.69) is 131 Å². The highest BCUT2D eigenvalue weighted by Crippen LogP contribution is 2.34. The van der Waals surface area contributed by atoms with Crippen molar-refractivity contribution in [3.8, 4) is 11.1 Å². The number of hydrogen-bond acceptors (Lipinski definition) is 2. The molecule has 2 N–H and O–H groups in total. The molecule has 0 unspecified atom stereocenters. The summed E-state index contributed by atoms with van der Waals surface area (Å²) in [4.78, 5) is 0. The molecular formula is C32H35BrN2. The smallest absolute Gasteiger partial charge is 0.0465 e. The lowest BCUT2D eigenvalue weighted by molar-refractivity contribution is 0.795. The van der Waals surface area contributed by atoms with Crippen LogP contribution in [0.1, 0.15) is 50.7 Å². The second-order valence-corrected chi connectivity index (χ2v) is 10.0. The van der Waals surface area contributed by atoms with Gasteiger partial charge < -0.3 is 10.6 Å². The first-order valence-electron chi connectivity index (χ1n) is 12.8. The largest absolute Gasteiger partial charge is 0.356 e. The second-order valence-electron chi connectivity index (χ2n) is 9.12. The number of rotatable bonds is 11. The van der Waals surface area contributed by atoms with Gasteiger partial charge in [0.05, 0.1) is 0 Å². The molecule has 3 heteroatoms. The number of hydrogen-bond donors (Lipinski definition) is 2. The highest BCUT2D eigenvalue weighted by Gasteiger charge is 2.09. The Bertz CT molecular complexity index is 1200. The lowest BCUT2D eigenvalue weighted by Gasteiger charge is -2.16. The molecule has 0 saturated carbocycles. The molecular weight excluding hydrogens is 492 g/mol. The maximum absolute atomic E-state index is 3.65. The molecule has 0 atom stereocenters. The SMILES string of the molecule is CCCCc1ccc(Nc2ccc(Nc3ccc(CCCC)cc3)c(-c3ccc(Br)cc3)c2)cc1. The first-order chi connectivity index (χ1) is 17.1. The Labute approximate surface area is 218 Å². The van der Waals surface area contributed by atoms with Crippen molar-refractivity contribution in [3.63, 3.8) is 0 Å². The molecule has 4 aromatic rings. The van der Waals surface area contributed by atoms with Gasteiger partial charge >= 0.3 is 0 Å². The van der Waals surface area contributed by atoms with Crippen molar-refractivity contribution >= 4 is 38.7 Å². The van der Waals surface area contributed by atoms with Gasteiger partial charge in [-0.1, -0.05) is 79.0 Å². The number of benzene rings is 4. The predicted molar refractivity (Wildman–Crippen MR) is 156 cm³/mol. The zero-order chi connectivity index (χ0) is 24.5.